The minimum Gasteiger partial charge on any atom is -0.382 e. The number of hydrogen-bond acceptors (Lipinski definition) is 5. The summed E-state index contributed by atoms with van der Waals surface area (Å²) in [5.41, 5.74) is 16.1. The van der Waals surface area contributed by atoms with Crippen LogP contribution >= 0.6 is 0 Å². The van der Waals surface area contributed by atoms with E-state index in [0.29, 0.717) is 23.4 Å². The topological polar surface area (TPSA) is 95.6 Å². The number of pyridine rings is 1. The highest BCUT2D eigenvalue weighted by Crippen LogP contribution is 2.29. The Morgan fingerprint density at radius 1 is 0.731 bits per heavy atom. The van der Waals surface area contributed by atoms with Gasteiger partial charge in [0, 0.05) is 21.8 Å². The van der Waals surface area contributed by atoms with Crippen LogP contribution in [0.1, 0.15) is 5.69 Å². The lowest BCUT2D eigenvalue weighted by atomic mass is 10.2. The molecule has 4 N–H and O–H groups in total. The summed E-state index contributed by atoms with van der Waals surface area (Å²) in [6.45, 7) is 0.633. The summed E-state index contributed by atoms with van der Waals surface area (Å²) in [5, 5.41) is 2.47. The second-order valence-electron chi connectivity index (χ2n) is 6.26. The van der Waals surface area contributed by atoms with Crippen LogP contribution in [-0.2, 0) is 6.54 Å². The second-order valence-corrected chi connectivity index (χ2v) is 6.26. The molecule has 3 heterocycles. The number of nitrogens with two attached hydrogens (primary N) is 2. The maximum Gasteiger partial charge on any atom is 0.222 e. The Balaban J connectivity index is 1.71. The van der Waals surface area contributed by atoms with Crippen molar-refractivity contribution in [3.05, 3.63) is 66.4 Å². The lowest BCUT2D eigenvalue weighted by molar-refractivity contribution is 0.840. The smallest absolute Gasteiger partial charge is 0.222 e. The molecule has 0 atom stereocenters. The van der Waals surface area contributed by atoms with Crippen LogP contribution in [0.3, 0.4) is 0 Å². The number of aromatic nitrogens is 4. The first-order valence-corrected chi connectivity index (χ1v) is 8.35. The summed E-state index contributed by atoms with van der Waals surface area (Å²) < 4.78 is 2.27. The Morgan fingerprint density at radius 3 is 2.08 bits per heavy atom. The van der Waals surface area contributed by atoms with E-state index in [2.05, 4.69) is 68.0 Å². The number of benzene rings is 2. The molecule has 26 heavy (non-hydrogen) atoms. The third-order valence-electron chi connectivity index (χ3n) is 4.64. The molecule has 6 nitrogen and oxygen atoms in total. The molecule has 3 aromatic heterocycles. The minimum absolute atomic E-state index is 0.159. The van der Waals surface area contributed by atoms with Crippen molar-refractivity contribution in [1.29, 1.82) is 0 Å². The van der Waals surface area contributed by atoms with Crippen molar-refractivity contribution < 1.29 is 0 Å². The van der Waals surface area contributed by atoms with E-state index in [1.807, 2.05) is 12.1 Å². The molecule has 0 fully saturated rings. The Bertz CT molecular complexity index is 1230. The summed E-state index contributed by atoms with van der Waals surface area (Å²) in [7, 11) is 0. The van der Waals surface area contributed by atoms with E-state index in [0.717, 1.165) is 5.69 Å². The molecule has 0 aliphatic carbocycles. The number of nitrogen functional groups attached to an aromatic ring is 2. The fourth-order valence-electron chi connectivity index (χ4n) is 3.52. The maximum atomic E-state index is 5.98. The average molecular weight is 340 g/mol. The van der Waals surface area contributed by atoms with Gasteiger partial charge in [-0.25, -0.2) is 9.97 Å². The first kappa shape index (κ1) is 14.7. The SMILES string of the molecule is Nc1nc(N)c2nc(Cn3c4ccccc4c4ccccc43)ccc2n1. The van der Waals surface area contributed by atoms with Crippen LogP contribution in [0.5, 0.6) is 0 Å². The van der Waals surface area contributed by atoms with Crippen LogP contribution in [0.15, 0.2) is 60.7 Å². The summed E-state index contributed by atoms with van der Waals surface area (Å²) in [5.74, 6) is 0.462. The normalized spacial score (nSPS) is 11.5. The van der Waals surface area contributed by atoms with Gasteiger partial charge in [-0.15, -0.1) is 0 Å². The lowest BCUT2D eigenvalue weighted by Crippen LogP contribution is -2.05. The summed E-state index contributed by atoms with van der Waals surface area (Å²) >= 11 is 0. The molecule has 0 aliphatic rings. The van der Waals surface area contributed by atoms with E-state index in [4.69, 9.17) is 11.5 Å². The van der Waals surface area contributed by atoms with Gasteiger partial charge in [0.25, 0.3) is 0 Å². The highest BCUT2D eigenvalue weighted by molar-refractivity contribution is 6.08. The van der Waals surface area contributed by atoms with Crippen LogP contribution in [0, 0.1) is 0 Å². The van der Waals surface area contributed by atoms with E-state index in [9.17, 15) is 0 Å². The quantitative estimate of drug-likeness (QED) is 0.514. The highest BCUT2D eigenvalue weighted by Gasteiger charge is 2.12. The molecule has 0 radical (unpaired) electrons. The van der Waals surface area contributed by atoms with Crippen molar-refractivity contribution in [2.45, 2.75) is 6.54 Å². The van der Waals surface area contributed by atoms with Gasteiger partial charge < -0.3 is 16.0 Å². The van der Waals surface area contributed by atoms with E-state index in [-0.39, 0.29) is 5.95 Å². The van der Waals surface area contributed by atoms with Crippen LogP contribution in [-0.4, -0.2) is 19.5 Å². The number of para-hydroxylation sites is 2. The first-order valence-electron chi connectivity index (χ1n) is 8.35. The average Bonchev–Trinajstić information content (AvgIpc) is 2.97. The van der Waals surface area contributed by atoms with Gasteiger partial charge in [-0.3, -0.25) is 0 Å². The number of rotatable bonds is 2. The van der Waals surface area contributed by atoms with E-state index in [1.165, 1.54) is 21.8 Å². The molecule has 5 aromatic rings. The Labute approximate surface area is 149 Å². The van der Waals surface area contributed by atoms with Crippen molar-refractivity contribution in [3.8, 4) is 0 Å². The molecule has 6 heteroatoms. The van der Waals surface area contributed by atoms with Gasteiger partial charge in [0.2, 0.25) is 5.95 Å². The number of nitrogens with zero attached hydrogens (tertiary/aromatic N) is 4. The molecule has 0 unspecified atom stereocenters. The van der Waals surface area contributed by atoms with Crippen LogP contribution in [0.2, 0.25) is 0 Å². The highest BCUT2D eigenvalue weighted by atomic mass is 15.1. The lowest BCUT2D eigenvalue weighted by Gasteiger charge is -2.09. The van der Waals surface area contributed by atoms with Gasteiger partial charge in [0.1, 0.15) is 5.52 Å². The molecule has 0 aliphatic heterocycles. The van der Waals surface area contributed by atoms with Crippen LogP contribution in [0.25, 0.3) is 32.8 Å². The summed E-state index contributed by atoms with van der Waals surface area (Å²) in [6, 6.07) is 20.7. The molecule has 5 rings (SSSR count). The third kappa shape index (κ3) is 2.16. The maximum absolute atomic E-state index is 5.98. The Hall–Kier alpha value is -3.67. The number of hydrogen-bond donors (Lipinski definition) is 2. The number of fused-ring (bicyclic) bond motifs is 4. The standard InChI is InChI=1S/C20H16N6/c21-19-18-15(24-20(22)25-19)10-9-12(23-18)11-26-16-7-3-1-5-13(16)14-6-2-4-8-17(14)26/h1-10H,11H2,(H4,21,22,24,25). The zero-order valence-electron chi connectivity index (χ0n) is 13.9. The first-order chi connectivity index (χ1) is 12.7. The molecule has 0 amide bonds. The van der Waals surface area contributed by atoms with E-state index in [1.54, 1.807) is 0 Å². The Kier molecular flexibility index (Phi) is 3.05. The Morgan fingerprint density at radius 2 is 1.38 bits per heavy atom. The van der Waals surface area contributed by atoms with Crippen molar-refractivity contribution in [1.82, 2.24) is 19.5 Å². The zero-order valence-corrected chi connectivity index (χ0v) is 13.9. The molecule has 126 valence electrons. The summed E-state index contributed by atoms with van der Waals surface area (Å²) in [4.78, 5) is 12.9. The second kappa shape index (κ2) is 5.42. The van der Waals surface area contributed by atoms with E-state index >= 15 is 0 Å². The summed E-state index contributed by atoms with van der Waals surface area (Å²) in [6.07, 6.45) is 0. The van der Waals surface area contributed by atoms with E-state index < -0.39 is 0 Å². The molecule has 2 aromatic carbocycles. The molecule has 0 saturated carbocycles. The van der Waals surface area contributed by atoms with Crippen LogP contribution < -0.4 is 11.5 Å². The fraction of sp³-hybridized carbons (Fsp3) is 0.0500. The van der Waals surface area contributed by atoms with Gasteiger partial charge in [-0.05, 0) is 24.3 Å². The fourth-order valence-corrected chi connectivity index (χ4v) is 3.52. The minimum atomic E-state index is 0.159. The van der Waals surface area contributed by atoms with Crippen molar-refractivity contribution in [2.75, 3.05) is 11.5 Å². The molecule has 0 spiro atoms. The van der Waals surface area contributed by atoms with Gasteiger partial charge in [0.15, 0.2) is 5.82 Å². The molecular weight excluding hydrogens is 324 g/mol. The number of anilines is 2. The van der Waals surface area contributed by atoms with Crippen molar-refractivity contribution in [2.24, 2.45) is 0 Å². The third-order valence-corrected chi connectivity index (χ3v) is 4.64. The monoisotopic (exact) mass is 340 g/mol. The van der Waals surface area contributed by atoms with Crippen molar-refractivity contribution in [3.63, 3.8) is 0 Å². The van der Waals surface area contributed by atoms with Gasteiger partial charge in [-0.2, -0.15) is 4.98 Å². The van der Waals surface area contributed by atoms with Crippen LogP contribution in [0.4, 0.5) is 11.8 Å². The molecule has 0 bridgehead atoms. The predicted octanol–water partition coefficient (Wildman–Crippen LogP) is 3.35. The van der Waals surface area contributed by atoms with Gasteiger partial charge in [0.05, 0.1) is 17.8 Å². The van der Waals surface area contributed by atoms with Gasteiger partial charge in [-0.1, -0.05) is 36.4 Å². The largest absolute Gasteiger partial charge is 0.382 e. The van der Waals surface area contributed by atoms with Crippen molar-refractivity contribution >= 4 is 44.6 Å². The predicted molar refractivity (Wildman–Crippen MR) is 105 cm³/mol. The van der Waals surface area contributed by atoms with Gasteiger partial charge >= 0.3 is 0 Å². The zero-order chi connectivity index (χ0) is 17.7. The molecular formula is C20H16N6. The molecule has 0 saturated heterocycles.